The van der Waals surface area contributed by atoms with Crippen molar-refractivity contribution in [2.24, 2.45) is 5.92 Å². The first-order chi connectivity index (χ1) is 12.6. The Morgan fingerprint density at radius 2 is 2.08 bits per heavy atom. The summed E-state index contributed by atoms with van der Waals surface area (Å²) in [5.74, 6) is 0.560. The SMILES string of the molecule is CC1CCCN(Cc2csc(NC(=O)CCC(=O)c3ccccc3)n2)C1. The van der Waals surface area contributed by atoms with Crippen molar-refractivity contribution in [1.82, 2.24) is 9.88 Å². The average Bonchev–Trinajstić information content (AvgIpc) is 3.07. The quantitative estimate of drug-likeness (QED) is 0.748. The average molecular weight is 372 g/mol. The molecule has 0 spiro atoms. The Morgan fingerprint density at radius 1 is 1.27 bits per heavy atom. The third-order valence-corrected chi connectivity index (χ3v) is 5.41. The highest BCUT2D eigenvalue weighted by Crippen LogP contribution is 2.21. The number of benzene rings is 1. The van der Waals surface area contributed by atoms with Crippen LogP contribution in [0, 0.1) is 5.92 Å². The van der Waals surface area contributed by atoms with Gasteiger partial charge in [0.25, 0.3) is 0 Å². The Kier molecular flexibility index (Phi) is 6.52. The summed E-state index contributed by atoms with van der Waals surface area (Å²) in [5.41, 5.74) is 1.65. The van der Waals surface area contributed by atoms with Gasteiger partial charge in [-0.05, 0) is 25.3 Å². The first kappa shape index (κ1) is 18.7. The summed E-state index contributed by atoms with van der Waals surface area (Å²) in [5, 5.41) is 5.43. The van der Waals surface area contributed by atoms with Crippen LogP contribution in [0.2, 0.25) is 0 Å². The van der Waals surface area contributed by atoms with Gasteiger partial charge in [0, 0.05) is 36.9 Å². The van der Waals surface area contributed by atoms with Crippen molar-refractivity contribution in [1.29, 1.82) is 0 Å². The molecular formula is C20H25N3O2S. The number of piperidine rings is 1. The molecule has 1 aliphatic heterocycles. The first-order valence-electron chi connectivity index (χ1n) is 9.15. The molecule has 0 saturated carbocycles. The fraction of sp³-hybridized carbons (Fsp3) is 0.450. The van der Waals surface area contributed by atoms with Crippen LogP contribution in [0.15, 0.2) is 35.7 Å². The Balaban J connectivity index is 1.44. The maximum absolute atomic E-state index is 12.1. The topological polar surface area (TPSA) is 62.3 Å². The zero-order valence-corrected chi connectivity index (χ0v) is 15.9. The van der Waals surface area contributed by atoms with Crippen LogP contribution < -0.4 is 5.32 Å². The summed E-state index contributed by atoms with van der Waals surface area (Å²) in [6, 6.07) is 9.07. The van der Waals surface area contributed by atoms with Gasteiger partial charge in [-0.3, -0.25) is 14.5 Å². The van der Waals surface area contributed by atoms with Gasteiger partial charge in [-0.1, -0.05) is 37.3 Å². The Hall–Kier alpha value is -2.05. The van der Waals surface area contributed by atoms with Crippen LogP contribution in [0.3, 0.4) is 0 Å². The number of hydrogen-bond donors (Lipinski definition) is 1. The predicted octanol–water partition coefficient (Wildman–Crippen LogP) is 3.98. The van der Waals surface area contributed by atoms with Crippen LogP contribution in [0.25, 0.3) is 0 Å². The summed E-state index contributed by atoms with van der Waals surface area (Å²) < 4.78 is 0. The van der Waals surface area contributed by atoms with E-state index in [1.165, 1.54) is 24.2 Å². The van der Waals surface area contributed by atoms with E-state index in [1.54, 1.807) is 12.1 Å². The Bertz CT molecular complexity index is 745. The smallest absolute Gasteiger partial charge is 0.226 e. The molecule has 1 amide bonds. The molecule has 3 rings (SSSR count). The highest BCUT2D eigenvalue weighted by molar-refractivity contribution is 7.13. The lowest BCUT2D eigenvalue weighted by atomic mass is 10.0. The maximum atomic E-state index is 12.1. The molecule has 1 saturated heterocycles. The number of rotatable bonds is 7. The zero-order valence-electron chi connectivity index (χ0n) is 15.1. The number of thiazole rings is 1. The monoisotopic (exact) mass is 371 g/mol. The van der Waals surface area contributed by atoms with Gasteiger partial charge in [0.05, 0.1) is 5.69 Å². The highest BCUT2D eigenvalue weighted by atomic mass is 32.1. The molecule has 1 aliphatic rings. The fourth-order valence-electron chi connectivity index (χ4n) is 3.27. The van der Waals surface area contributed by atoms with Gasteiger partial charge in [-0.25, -0.2) is 4.98 Å². The van der Waals surface area contributed by atoms with Crippen LogP contribution in [0.1, 0.15) is 48.7 Å². The van der Waals surface area contributed by atoms with Crippen molar-refractivity contribution in [3.8, 4) is 0 Å². The van der Waals surface area contributed by atoms with Crippen molar-refractivity contribution in [2.45, 2.75) is 39.2 Å². The molecule has 0 bridgehead atoms. The van der Waals surface area contributed by atoms with E-state index in [4.69, 9.17) is 0 Å². The third kappa shape index (κ3) is 5.47. The largest absolute Gasteiger partial charge is 0.302 e. The summed E-state index contributed by atoms with van der Waals surface area (Å²) >= 11 is 1.44. The van der Waals surface area contributed by atoms with Gasteiger partial charge in [0.2, 0.25) is 5.91 Å². The molecular weight excluding hydrogens is 346 g/mol. The van der Waals surface area contributed by atoms with E-state index >= 15 is 0 Å². The van der Waals surface area contributed by atoms with Crippen molar-refractivity contribution in [2.75, 3.05) is 18.4 Å². The summed E-state index contributed by atoms with van der Waals surface area (Å²) in [6.07, 6.45) is 2.92. The van der Waals surface area contributed by atoms with E-state index in [9.17, 15) is 9.59 Å². The number of hydrogen-bond acceptors (Lipinski definition) is 5. The maximum Gasteiger partial charge on any atom is 0.226 e. The van der Waals surface area contributed by atoms with Crippen LogP contribution in [-0.4, -0.2) is 34.7 Å². The van der Waals surface area contributed by atoms with Crippen LogP contribution >= 0.6 is 11.3 Å². The van der Waals surface area contributed by atoms with Crippen LogP contribution in [0.4, 0.5) is 5.13 Å². The molecule has 138 valence electrons. The van der Waals surface area contributed by atoms with E-state index in [0.717, 1.165) is 31.2 Å². The zero-order chi connectivity index (χ0) is 18.4. The highest BCUT2D eigenvalue weighted by Gasteiger charge is 2.17. The lowest BCUT2D eigenvalue weighted by molar-refractivity contribution is -0.116. The van der Waals surface area contributed by atoms with Crippen molar-refractivity contribution in [3.63, 3.8) is 0 Å². The first-order valence-corrected chi connectivity index (χ1v) is 10.0. The van der Waals surface area contributed by atoms with E-state index < -0.39 is 0 Å². The van der Waals surface area contributed by atoms with Gasteiger partial charge < -0.3 is 5.32 Å². The molecule has 0 radical (unpaired) electrons. The number of likely N-dealkylation sites (tertiary alicyclic amines) is 1. The van der Waals surface area contributed by atoms with Crippen molar-refractivity contribution < 1.29 is 9.59 Å². The van der Waals surface area contributed by atoms with Crippen molar-refractivity contribution >= 4 is 28.2 Å². The normalized spacial score (nSPS) is 17.8. The molecule has 26 heavy (non-hydrogen) atoms. The minimum atomic E-state index is -0.165. The third-order valence-electron chi connectivity index (χ3n) is 4.60. The minimum Gasteiger partial charge on any atom is -0.302 e. The molecule has 1 unspecified atom stereocenters. The van der Waals surface area contributed by atoms with Gasteiger partial charge in [0.15, 0.2) is 10.9 Å². The standard InChI is InChI=1S/C20H25N3O2S/c1-15-6-5-11-23(12-15)13-17-14-26-20(21-17)22-19(25)10-9-18(24)16-7-3-2-4-8-16/h2-4,7-8,14-15H,5-6,9-13H2,1H3,(H,21,22,25). The summed E-state index contributed by atoms with van der Waals surface area (Å²) in [6.45, 7) is 5.35. The van der Waals surface area contributed by atoms with Crippen molar-refractivity contribution in [3.05, 3.63) is 47.0 Å². The number of Topliss-reactive ketones (excluding diaryl/α,β-unsaturated/α-hetero) is 1. The van der Waals surface area contributed by atoms with E-state index in [-0.39, 0.29) is 24.5 Å². The molecule has 2 aromatic rings. The number of aromatic nitrogens is 1. The van der Waals surface area contributed by atoms with E-state index in [0.29, 0.717) is 10.7 Å². The number of anilines is 1. The Morgan fingerprint density at radius 3 is 2.85 bits per heavy atom. The van der Waals surface area contributed by atoms with Gasteiger partial charge in [0.1, 0.15) is 0 Å². The van der Waals surface area contributed by atoms with Gasteiger partial charge in [-0.2, -0.15) is 0 Å². The van der Waals surface area contributed by atoms with E-state index in [2.05, 4.69) is 22.1 Å². The lowest BCUT2D eigenvalue weighted by Crippen LogP contribution is -2.33. The number of carbonyl (C=O) groups is 2. The minimum absolute atomic E-state index is 0.0141. The number of ketones is 1. The summed E-state index contributed by atoms with van der Waals surface area (Å²) in [4.78, 5) is 31.1. The second-order valence-corrected chi connectivity index (χ2v) is 7.82. The molecule has 2 heterocycles. The number of nitrogens with zero attached hydrogens (tertiary/aromatic N) is 2. The fourth-order valence-corrected chi connectivity index (χ4v) is 3.99. The molecule has 1 aromatic carbocycles. The molecule has 0 aliphatic carbocycles. The number of carbonyl (C=O) groups excluding carboxylic acids is 2. The second kappa shape index (κ2) is 9.05. The number of nitrogens with one attached hydrogen (secondary N) is 1. The molecule has 1 aromatic heterocycles. The lowest BCUT2D eigenvalue weighted by Gasteiger charge is -2.30. The predicted molar refractivity (Wildman–Crippen MR) is 104 cm³/mol. The molecule has 1 atom stereocenters. The Labute approximate surface area is 158 Å². The van der Waals surface area contributed by atoms with Crippen LogP contribution in [0.5, 0.6) is 0 Å². The van der Waals surface area contributed by atoms with Gasteiger partial charge >= 0.3 is 0 Å². The molecule has 5 nitrogen and oxygen atoms in total. The molecule has 1 N–H and O–H groups in total. The second-order valence-electron chi connectivity index (χ2n) is 6.96. The number of amides is 1. The molecule has 6 heteroatoms. The van der Waals surface area contributed by atoms with E-state index in [1.807, 2.05) is 23.6 Å². The molecule has 1 fully saturated rings. The van der Waals surface area contributed by atoms with Crippen LogP contribution in [-0.2, 0) is 11.3 Å². The summed E-state index contributed by atoms with van der Waals surface area (Å²) in [7, 11) is 0. The van der Waals surface area contributed by atoms with Gasteiger partial charge in [-0.15, -0.1) is 11.3 Å².